The first-order valence-corrected chi connectivity index (χ1v) is 7.47. The van der Waals surface area contributed by atoms with E-state index >= 15 is 0 Å². The first-order chi connectivity index (χ1) is 9.57. The van der Waals surface area contributed by atoms with Gasteiger partial charge in [0.2, 0.25) is 0 Å². The smallest absolute Gasteiger partial charge is 0.125 e. The predicted molar refractivity (Wildman–Crippen MR) is 80.6 cm³/mol. The average Bonchev–Trinajstić information content (AvgIpc) is 2.72. The van der Waals surface area contributed by atoms with E-state index in [2.05, 4.69) is 41.8 Å². The number of ether oxygens (including phenoxy) is 1. The van der Waals surface area contributed by atoms with Gasteiger partial charge in [-0.15, -0.1) is 0 Å². The quantitative estimate of drug-likeness (QED) is 0.908. The molecule has 0 aliphatic carbocycles. The van der Waals surface area contributed by atoms with Gasteiger partial charge in [0.05, 0.1) is 6.61 Å². The van der Waals surface area contributed by atoms with Crippen LogP contribution in [0, 0.1) is 0 Å². The molecule has 0 bridgehead atoms. The van der Waals surface area contributed by atoms with Crippen LogP contribution in [-0.2, 0) is 6.42 Å². The summed E-state index contributed by atoms with van der Waals surface area (Å²) in [5.74, 6) is 1.05. The molecule has 1 N–H and O–H groups in total. The summed E-state index contributed by atoms with van der Waals surface area (Å²) in [6.45, 7) is 9.39. The van der Waals surface area contributed by atoms with Crippen molar-refractivity contribution in [1.82, 2.24) is 4.90 Å². The molecule has 1 fully saturated rings. The lowest BCUT2D eigenvalue weighted by Gasteiger charge is -2.35. The highest BCUT2D eigenvalue weighted by atomic mass is 16.5. The zero-order chi connectivity index (χ0) is 14.2. The van der Waals surface area contributed by atoms with Crippen molar-refractivity contribution >= 4 is 5.69 Å². The Bertz CT molecular complexity index is 479. The van der Waals surface area contributed by atoms with Gasteiger partial charge >= 0.3 is 0 Å². The first kappa shape index (κ1) is 13.7. The zero-order valence-electron chi connectivity index (χ0n) is 12.4. The molecule has 2 aliphatic rings. The lowest BCUT2D eigenvalue weighted by molar-refractivity contribution is 0.138. The standard InChI is InChI=1S/C16H24N2O2/c1-16(2)12-13-3-4-14(11-15(13)20-16)18-7-5-17(6-8-18)9-10-19/h3-4,11,19H,5-10,12H2,1-2H3. The molecule has 110 valence electrons. The van der Waals surface area contributed by atoms with Crippen LogP contribution < -0.4 is 9.64 Å². The van der Waals surface area contributed by atoms with Crippen molar-refractivity contribution in [3.8, 4) is 5.75 Å². The Labute approximate surface area is 120 Å². The van der Waals surface area contributed by atoms with Crippen LogP contribution in [0.3, 0.4) is 0 Å². The summed E-state index contributed by atoms with van der Waals surface area (Å²) in [5, 5.41) is 8.98. The fourth-order valence-corrected chi connectivity index (χ4v) is 3.14. The normalized spacial score (nSPS) is 21.6. The van der Waals surface area contributed by atoms with E-state index in [-0.39, 0.29) is 12.2 Å². The zero-order valence-corrected chi connectivity index (χ0v) is 12.4. The highest BCUT2D eigenvalue weighted by Gasteiger charge is 2.30. The minimum absolute atomic E-state index is 0.0687. The third-order valence-corrected chi connectivity index (χ3v) is 4.21. The number of hydrogen-bond donors (Lipinski definition) is 1. The molecule has 1 aromatic rings. The third kappa shape index (κ3) is 2.76. The maximum Gasteiger partial charge on any atom is 0.125 e. The summed E-state index contributed by atoms with van der Waals surface area (Å²) >= 11 is 0. The molecule has 0 unspecified atom stereocenters. The molecule has 0 aromatic heterocycles. The van der Waals surface area contributed by atoms with Crippen molar-refractivity contribution in [2.24, 2.45) is 0 Å². The molecule has 0 spiro atoms. The average molecular weight is 276 g/mol. The van der Waals surface area contributed by atoms with Crippen molar-refractivity contribution in [3.05, 3.63) is 23.8 Å². The second-order valence-electron chi connectivity index (χ2n) is 6.38. The highest BCUT2D eigenvalue weighted by Crippen LogP contribution is 2.37. The molecule has 2 heterocycles. The first-order valence-electron chi connectivity index (χ1n) is 7.47. The summed E-state index contributed by atoms with van der Waals surface area (Å²) in [6, 6.07) is 6.61. The number of aliphatic hydroxyl groups excluding tert-OH is 1. The molecule has 0 atom stereocenters. The fraction of sp³-hybridized carbons (Fsp3) is 0.625. The Kier molecular flexibility index (Phi) is 3.61. The molecule has 1 saturated heterocycles. The van der Waals surface area contributed by atoms with Crippen LogP contribution in [0.2, 0.25) is 0 Å². The van der Waals surface area contributed by atoms with E-state index in [9.17, 15) is 0 Å². The topological polar surface area (TPSA) is 35.9 Å². The number of piperazine rings is 1. The summed E-state index contributed by atoms with van der Waals surface area (Å²) < 4.78 is 6.02. The van der Waals surface area contributed by atoms with Crippen LogP contribution >= 0.6 is 0 Å². The van der Waals surface area contributed by atoms with Gasteiger partial charge in [0.1, 0.15) is 11.4 Å². The number of benzene rings is 1. The van der Waals surface area contributed by atoms with Gasteiger partial charge in [-0.25, -0.2) is 0 Å². The van der Waals surface area contributed by atoms with Gasteiger partial charge < -0.3 is 14.7 Å². The Balaban J connectivity index is 1.68. The second-order valence-corrected chi connectivity index (χ2v) is 6.38. The number of β-amino-alcohol motifs (C(OH)–C–C–N with tert-alkyl or cyclic N) is 1. The lowest BCUT2D eigenvalue weighted by atomic mass is 10.0. The minimum atomic E-state index is -0.0687. The van der Waals surface area contributed by atoms with E-state index in [4.69, 9.17) is 9.84 Å². The molecular formula is C16H24N2O2. The van der Waals surface area contributed by atoms with E-state index in [1.165, 1.54) is 11.3 Å². The maximum absolute atomic E-state index is 8.98. The summed E-state index contributed by atoms with van der Waals surface area (Å²) in [6.07, 6.45) is 0.993. The van der Waals surface area contributed by atoms with Crippen molar-refractivity contribution in [1.29, 1.82) is 0 Å². The molecule has 0 saturated carbocycles. The third-order valence-electron chi connectivity index (χ3n) is 4.21. The highest BCUT2D eigenvalue weighted by molar-refractivity contribution is 5.55. The Hall–Kier alpha value is -1.26. The van der Waals surface area contributed by atoms with E-state index in [0.29, 0.717) is 0 Å². The Morgan fingerprint density at radius 1 is 1.20 bits per heavy atom. The maximum atomic E-state index is 8.98. The lowest BCUT2D eigenvalue weighted by Crippen LogP contribution is -2.47. The number of hydrogen-bond acceptors (Lipinski definition) is 4. The Morgan fingerprint density at radius 3 is 2.65 bits per heavy atom. The summed E-state index contributed by atoms with van der Waals surface area (Å²) in [4.78, 5) is 4.71. The molecule has 4 nitrogen and oxygen atoms in total. The molecule has 1 aromatic carbocycles. The predicted octanol–water partition coefficient (Wildman–Crippen LogP) is 1.51. The van der Waals surface area contributed by atoms with Crippen LogP contribution in [0.4, 0.5) is 5.69 Å². The SMILES string of the molecule is CC1(C)Cc2ccc(N3CCN(CCO)CC3)cc2O1. The number of nitrogens with zero attached hydrogens (tertiary/aromatic N) is 2. The second kappa shape index (κ2) is 5.26. The van der Waals surface area contributed by atoms with E-state index in [0.717, 1.165) is 44.9 Å². The molecule has 20 heavy (non-hydrogen) atoms. The van der Waals surface area contributed by atoms with Gasteiger partial charge in [-0.3, -0.25) is 4.90 Å². The van der Waals surface area contributed by atoms with Gasteiger partial charge in [0, 0.05) is 50.9 Å². The number of aliphatic hydroxyl groups is 1. The molecular weight excluding hydrogens is 252 g/mol. The van der Waals surface area contributed by atoms with Crippen LogP contribution in [0.5, 0.6) is 5.75 Å². The molecule has 0 amide bonds. The number of rotatable bonds is 3. The minimum Gasteiger partial charge on any atom is -0.487 e. The van der Waals surface area contributed by atoms with Gasteiger partial charge in [-0.2, -0.15) is 0 Å². The van der Waals surface area contributed by atoms with E-state index in [1.54, 1.807) is 0 Å². The van der Waals surface area contributed by atoms with Crippen LogP contribution in [0.25, 0.3) is 0 Å². The molecule has 2 aliphatic heterocycles. The van der Waals surface area contributed by atoms with Gasteiger partial charge in [-0.05, 0) is 25.5 Å². The summed E-state index contributed by atoms with van der Waals surface area (Å²) in [5.41, 5.74) is 2.50. The monoisotopic (exact) mass is 276 g/mol. The Morgan fingerprint density at radius 2 is 1.95 bits per heavy atom. The molecule has 0 radical (unpaired) electrons. The van der Waals surface area contributed by atoms with Crippen LogP contribution in [0.1, 0.15) is 19.4 Å². The molecule has 4 heteroatoms. The molecule has 3 rings (SSSR count). The van der Waals surface area contributed by atoms with Crippen LogP contribution in [0.15, 0.2) is 18.2 Å². The van der Waals surface area contributed by atoms with Gasteiger partial charge in [-0.1, -0.05) is 6.07 Å². The van der Waals surface area contributed by atoms with E-state index in [1.807, 2.05) is 0 Å². The van der Waals surface area contributed by atoms with Crippen molar-refractivity contribution < 1.29 is 9.84 Å². The number of anilines is 1. The van der Waals surface area contributed by atoms with Crippen molar-refractivity contribution in [2.45, 2.75) is 25.9 Å². The fourth-order valence-electron chi connectivity index (χ4n) is 3.14. The van der Waals surface area contributed by atoms with Crippen molar-refractivity contribution in [3.63, 3.8) is 0 Å². The van der Waals surface area contributed by atoms with Gasteiger partial charge in [0.15, 0.2) is 0 Å². The largest absolute Gasteiger partial charge is 0.487 e. The van der Waals surface area contributed by atoms with E-state index < -0.39 is 0 Å². The van der Waals surface area contributed by atoms with Crippen LogP contribution in [-0.4, -0.2) is 54.9 Å². The number of fused-ring (bicyclic) bond motifs is 1. The summed E-state index contributed by atoms with van der Waals surface area (Å²) in [7, 11) is 0. The van der Waals surface area contributed by atoms with Gasteiger partial charge in [0.25, 0.3) is 0 Å². The van der Waals surface area contributed by atoms with Crippen molar-refractivity contribution in [2.75, 3.05) is 44.2 Å².